The first-order valence-corrected chi connectivity index (χ1v) is 8.58. The van der Waals surface area contributed by atoms with E-state index in [1.54, 1.807) is 7.11 Å². The summed E-state index contributed by atoms with van der Waals surface area (Å²) in [5, 5.41) is 12.6. The number of pyridine rings is 1. The maximum atomic E-state index is 11.0. The molecule has 5 nitrogen and oxygen atoms in total. The number of nitrogens with one attached hydrogen (secondary N) is 1. The molecule has 0 amide bonds. The number of aliphatic carboxylic acids is 1. The van der Waals surface area contributed by atoms with Gasteiger partial charge in [0, 0.05) is 36.7 Å². The Kier molecular flexibility index (Phi) is 7.41. The first kappa shape index (κ1) is 18.9. The molecule has 0 bridgehead atoms. The van der Waals surface area contributed by atoms with E-state index in [1.807, 2.05) is 36.4 Å². The van der Waals surface area contributed by atoms with Crippen LogP contribution in [0.4, 0.5) is 0 Å². The summed E-state index contributed by atoms with van der Waals surface area (Å²) >= 11 is 0. The number of hydrogen-bond acceptors (Lipinski definition) is 4. The molecule has 134 valence electrons. The van der Waals surface area contributed by atoms with Gasteiger partial charge in [0.05, 0.1) is 7.11 Å². The van der Waals surface area contributed by atoms with Crippen LogP contribution < -0.4 is 10.1 Å². The van der Waals surface area contributed by atoms with Crippen molar-refractivity contribution in [1.82, 2.24) is 10.3 Å². The molecule has 1 aromatic heterocycles. The summed E-state index contributed by atoms with van der Waals surface area (Å²) < 4.78 is 5.16. The van der Waals surface area contributed by atoms with Crippen LogP contribution in [0.2, 0.25) is 0 Å². The van der Waals surface area contributed by atoms with Crippen molar-refractivity contribution >= 4 is 5.97 Å². The van der Waals surface area contributed by atoms with Crippen molar-refractivity contribution in [3.63, 3.8) is 0 Å². The summed E-state index contributed by atoms with van der Waals surface area (Å²) in [7, 11) is 1.61. The van der Waals surface area contributed by atoms with Crippen LogP contribution in [0.25, 0.3) is 0 Å². The van der Waals surface area contributed by atoms with Crippen LogP contribution >= 0.6 is 0 Å². The first-order chi connectivity index (χ1) is 12.1. The number of benzene rings is 1. The normalized spacial score (nSPS) is 13.2. The summed E-state index contributed by atoms with van der Waals surface area (Å²) in [6.07, 6.45) is 2.33. The van der Waals surface area contributed by atoms with E-state index < -0.39 is 5.97 Å². The zero-order valence-electron chi connectivity index (χ0n) is 14.8. The molecular weight excluding hydrogens is 316 g/mol. The van der Waals surface area contributed by atoms with E-state index in [4.69, 9.17) is 9.84 Å². The highest BCUT2D eigenvalue weighted by Gasteiger charge is 2.15. The molecule has 0 aliphatic heterocycles. The van der Waals surface area contributed by atoms with E-state index in [9.17, 15) is 4.79 Å². The predicted octanol–water partition coefficient (Wildman–Crippen LogP) is 3.09. The molecule has 5 heteroatoms. The molecule has 0 saturated heterocycles. The van der Waals surface area contributed by atoms with Gasteiger partial charge in [0.25, 0.3) is 0 Å². The van der Waals surface area contributed by atoms with Crippen LogP contribution in [0.5, 0.6) is 5.88 Å². The van der Waals surface area contributed by atoms with Crippen LogP contribution in [0, 0.1) is 0 Å². The Hall–Kier alpha value is -2.40. The third-order valence-corrected chi connectivity index (χ3v) is 4.06. The Morgan fingerprint density at radius 1 is 1.16 bits per heavy atom. The summed E-state index contributed by atoms with van der Waals surface area (Å²) in [5.74, 6) is -0.154. The van der Waals surface area contributed by atoms with Gasteiger partial charge in [-0.1, -0.05) is 36.4 Å². The second kappa shape index (κ2) is 9.79. The van der Waals surface area contributed by atoms with Crippen molar-refractivity contribution in [3.8, 4) is 5.88 Å². The Labute approximate surface area is 149 Å². The zero-order valence-corrected chi connectivity index (χ0v) is 14.8. The minimum atomic E-state index is -0.762. The van der Waals surface area contributed by atoms with Crippen molar-refractivity contribution in [2.45, 2.75) is 44.7 Å². The monoisotopic (exact) mass is 342 g/mol. The number of carboxylic acid groups (broad SMARTS) is 1. The molecule has 0 fully saturated rings. The number of methoxy groups -OCH3 is 1. The summed E-state index contributed by atoms with van der Waals surface area (Å²) in [4.78, 5) is 15.4. The molecular formula is C20H26N2O3. The lowest BCUT2D eigenvalue weighted by molar-refractivity contribution is -0.137. The Morgan fingerprint density at radius 2 is 1.92 bits per heavy atom. The fourth-order valence-electron chi connectivity index (χ4n) is 2.90. The highest BCUT2D eigenvalue weighted by atomic mass is 16.5. The number of aromatic nitrogens is 1. The van der Waals surface area contributed by atoms with Gasteiger partial charge in [-0.3, -0.25) is 4.79 Å². The van der Waals surface area contributed by atoms with Gasteiger partial charge in [-0.2, -0.15) is 0 Å². The van der Waals surface area contributed by atoms with E-state index in [0.29, 0.717) is 12.3 Å². The molecule has 0 aliphatic carbocycles. The van der Waals surface area contributed by atoms with Crippen LogP contribution in [-0.2, 0) is 17.6 Å². The topological polar surface area (TPSA) is 71.5 Å². The number of nitrogens with zero attached hydrogens (tertiary/aromatic N) is 1. The maximum Gasteiger partial charge on any atom is 0.303 e. The molecule has 0 aliphatic rings. The van der Waals surface area contributed by atoms with Gasteiger partial charge in [-0.25, -0.2) is 4.98 Å². The minimum absolute atomic E-state index is 0.110. The molecule has 0 spiro atoms. The van der Waals surface area contributed by atoms with Crippen molar-refractivity contribution in [1.29, 1.82) is 0 Å². The lowest BCUT2D eigenvalue weighted by Crippen LogP contribution is -2.39. The highest BCUT2D eigenvalue weighted by molar-refractivity contribution is 5.66. The fraction of sp³-hybridized carbons (Fsp3) is 0.400. The maximum absolute atomic E-state index is 11.0. The van der Waals surface area contributed by atoms with E-state index in [-0.39, 0.29) is 18.5 Å². The SMILES string of the molecule is COc1cccc(CC(C)NC(CCC(=O)O)Cc2ccccc2)n1. The second-order valence-corrected chi connectivity index (χ2v) is 6.26. The number of rotatable bonds is 10. The quantitative estimate of drug-likeness (QED) is 0.694. The van der Waals surface area contributed by atoms with E-state index >= 15 is 0 Å². The van der Waals surface area contributed by atoms with E-state index in [0.717, 1.165) is 18.5 Å². The van der Waals surface area contributed by atoms with Gasteiger partial charge >= 0.3 is 5.97 Å². The average Bonchev–Trinajstić information content (AvgIpc) is 2.60. The van der Waals surface area contributed by atoms with E-state index in [2.05, 4.69) is 29.4 Å². The minimum Gasteiger partial charge on any atom is -0.481 e. The molecule has 1 heterocycles. The molecule has 2 atom stereocenters. The van der Waals surface area contributed by atoms with Crippen LogP contribution in [0.3, 0.4) is 0 Å². The van der Waals surface area contributed by atoms with Crippen molar-refractivity contribution in [2.24, 2.45) is 0 Å². The number of carboxylic acids is 1. The Bertz CT molecular complexity index is 661. The third-order valence-electron chi connectivity index (χ3n) is 4.06. The van der Waals surface area contributed by atoms with Crippen molar-refractivity contribution < 1.29 is 14.6 Å². The van der Waals surface area contributed by atoms with Crippen LogP contribution in [-0.4, -0.2) is 35.3 Å². The van der Waals surface area contributed by atoms with Gasteiger partial charge in [0.2, 0.25) is 5.88 Å². The lowest BCUT2D eigenvalue weighted by atomic mass is 10.00. The Balaban J connectivity index is 1.97. The van der Waals surface area contributed by atoms with Crippen LogP contribution in [0.1, 0.15) is 31.0 Å². The Morgan fingerprint density at radius 3 is 2.60 bits per heavy atom. The molecule has 0 radical (unpaired) electrons. The zero-order chi connectivity index (χ0) is 18.1. The number of carbonyl (C=O) groups is 1. The first-order valence-electron chi connectivity index (χ1n) is 8.58. The molecule has 2 rings (SSSR count). The van der Waals surface area contributed by atoms with Crippen molar-refractivity contribution in [2.75, 3.05) is 7.11 Å². The summed E-state index contributed by atoms with van der Waals surface area (Å²) in [6.45, 7) is 2.10. The van der Waals surface area contributed by atoms with Gasteiger partial charge < -0.3 is 15.2 Å². The molecule has 2 aromatic rings. The lowest BCUT2D eigenvalue weighted by Gasteiger charge is -2.23. The molecule has 0 saturated carbocycles. The third kappa shape index (κ3) is 6.93. The van der Waals surface area contributed by atoms with Gasteiger partial charge in [-0.05, 0) is 31.4 Å². The average molecular weight is 342 g/mol. The largest absolute Gasteiger partial charge is 0.481 e. The van der Waals surface area contributed by atoms with Crippen molar-refractivity contribution in [3.05, 3.63) is 59.8 Å². The summed E-state index contributed by atoms with van der Waals surface area (Å²) in [6, 6.07) is 16.2. The van der Waals surface area contributed by atoms with Gasteiger partial charge in [-0.15, -0.1) is 0 Å². The number of ether oxygens (including phenoxy) is 1. The van der Waals surface area contributed by atoms with Gasteiger partial charge in [0.1, 0.15) is 0 Å². The van der Waals surface area contributed by atoms with E-state index in [1.165, 1.54) is 5.56 Å². The number of hydrogen-bond donors (Lipinski definition) is 2. The molecule has 2 unspecified atom stereocenters. The predicted molar refractivity (Wildman–Crippen MR) is 97.9 cm³/mol. The molecule has 2 N–H and O–H groups in total. The smallest absolute Gasteiger partial charge is 0.303 e. The fourth-order valence-corrected chi connectivity index (χ4v) is 2.90. The standard InChI is InChI=1S/C20H26N2O3/c1-15(13-17-9-6-10-19(22-17)25-2)21-18(11-12-20(23)24)14-16-7-4-3-5-8-16/h3-10,15,18,21H,11-14H2,1-2H3,(H,23,24). The molecule has 1 aromatic carbocycles. The second-order valence-electron chi connectivity index (χ2n) is 6.26. The van der Waals surface area contributed by atoms with Crippen LogP contribution in [0.15, 0.2) is 48.5 Å². The molecule has 25 heavy (non-hydrogen) atoms. The summed E-state index contributed by atoms with van der Waals surface area (Å²) in [5.41, 5.74) is 2.16. The van der Waals surface area contributed by atoms with Gasteiger partial charge in [0.15, 0.2) is 0 Å². The highest BCUT2D eigenvalue weighted by Crippen LogP contribution is 2.12.